The van der Waals surface area contributed by atoms with Gasteiger partial charge in [-0.2, -0.15) is 0 Å². The molecule has 0 radical (unpaired) electrons. The van der Waals surface area contributed by atoms with Gasteiger partial charge in [0.05, 0.1) is 0 Å². The summed E-state index contributed by atoms with van der Waals surface area (Å²) in [4.78, 5) is 23.0. The van der Waals surface area contributed by atoms with Crippen LogP contribution in [0.1, 0.15) is 25.3 Å². The van der Waals surface area contributed by atoms with Crippen LogP contribution in [0.3, 0.4) is 0 Å². The Morgan fingerprint density at radius 2 is 1.95 bits per heavy atom. The number of urea groups is 1. The van der Waals surface area contributed by atoms with Crippen molar-refractivity contribution in [1.29, 1.82) is 0 Å². The van der Waals surface area contributed by atoms with Gasteiger partial charge in [-0.25, -0.2) is 9.59 Å². The molecule has 0 heterocycles. The lowest BCUT2D eigenvalue weighted by Crippen LogP contribution is -2.50. The molecule has 1 atom stereocenters. The highest BCUT2D eigenvalue weighted by Gasteiger charge is 2.39. The van der Waals surface area contributed by atoms with E-state index in [9.17, 15) is 19.8 Å². The number of nitrogens with one attached hydrogen (secondary N) is 2. The standard InChI is InChI=1S/C14H18N2O5/c1-14(4-5-14)16-13(21)15-9(12(19)20)6-8-2-3-10(17)11(18)7-8/h2-3,7,9,17-18H,4-6H2,1H3,(H,19,20)(H2,15,16,21). The van der Waals surface area contributed by atoms with Crippen LogP contribution in [0.15, 0.2) is 18.2 Å². The zero-order chi connectivity index (χ0) is 15.6. The van der Waals surface area contributed by atoms with E-state index >= 15 is 0 Å². The number of aliphatic carboxylic acids is 1. The lowest BCUT2D eigenvalue weighted by molar-refractivity contribution is -0.139. The lowest BCUT2D eigenvalue weighted by atomic mass is 10.1. The number of hydrogen-bond acceptors (Lipinski definition) is 4. The van der Waals surface area contributed by atoms with Crippen LogP contribution in [0.5, 0.6) is 11.5 Å². The molecule has 1 aliphatic rings. The molecule has 7 nitrogen and oxygen atoms in total. The Kier molecular flexibility index (Phi) is 3.93. The van der Waals surface area contributed by atoms with Crippen molar-refractivity contribution in [2.75, 3.05) is 0 Å². The molecule has 7 heteroatoms. The van der Waals surface area contributed by atoms with Crippen LogP contribution in [-0.2, 0) is 11.2 Å². The van der Waals surface area contributed by atoms with Crippen molar-refractivity contribution in [2.45, 2.75) is 37.8 Å². The second kappa shape index (κ2) is 5.51. The first kappa shape index (κ1) is 15.0. The Bertz CT molecular complexity index is 568. The minimum absolute atomic E-state index is 0.00725. The van der Waals surface area contributed by atoms with Gasteiger partial charge in [0, 0.05) is 12.0 Å². The third-order valence-corrected chi connectivity index (χ3v) is 3.50. The minimum Gasteiger partial charge on any atom is -0.504 e. The number of carbonyl (C=O) groups is 2. The summed E-state index contributed by atoms with van der Waals surface area (Å²) in [7, 11) is 0. The Morgan fingerprint density at radius 1 is 1.29 bits per heavy atom. The molecule has 1 aliphatic carbocycles. The van der Waals surface area contributed by atoms with Gasteiger partial charge in [-0.3, -0.25) is 0 Å². The predicted molar refractivity (Wildman–Crippen MR) is 74.2 cm³/mol. The second-order valence-corrected chi connectivity index (χ2v) is 5.58. The molecular weight excluding hydrogens is 276 g/mol. The summed E-state index contributed by atoms with van der Waals surface area (Å²) in [6.45, 7) is 1.89. The van der Waals surface area contributed by atoms with Gasteiger partial charge < -0.3 is 26.0 Å². The molecule has 2 rings (SSSR count). The van der Waals surface area contributed by atoms with Crippen LogP contribution < -0.4 is 10.6 Å². The lowest BCUT2D eigenvalue weighted by Gasteiger charge is -2.18. The first-order chi connectivity index (χ1) is 9.79. The summed E-state index contributed by atoms with van der Waals surface area (Å²) < 4.78 is 0. The fraction of sp³-hybridized carbons (Fsp3) is 0.429. The van der Waals surface area contributed by atoms with Gasteiger partial charge in [0.15, 0.2) is 11.5 Å². The van der Waals surface area contributed by atoms with Crippen molar-refractivity contribution >= 4 is 12.0 Å². The number of carboxylic acids is 1. The second-order valence-electron chi connectivity index (χ2n) is 5.58. The summed E-state index contributed by atoms with van der Waals surface area (Å²) in [5.41, 5.74) is 0.264. The summed E-state index contributed by atoms with van der Waals surface area (Å²) in [6.07, 6.45) is 1.77. The quantitative estimate of drug-likeness (QED) is 0.518. The number of aromatic hydroxyl groups is 2. The van der Waals surface area contributed by atoms with Crippen molar-refractivity contribution in [3.8, 4) is 11.5 Å². The molecule has 21 heavy (non-hydrogen) atoms. The highest BCUT2D eigenvalue weighted by atomic mass is 16.4. The van der Waals surface area contributed by atoms with Crippen LogP contribution in [0.2, 0.25) is 0 Å². The molecular formula is C14H18N2O5. The van der Waals surface area contributed by atoms with Crippen molar-refractivity contribution in [3.63, 3.8) is 0 Å². The summed E-state index contributed by atoms with van der Waals surface area (Å²) in [5.74, 6) is -1.77. The molecule has 2 amide bonds. The number of amides is 2. The number of carbonyl (C=O) groups excluding carboxylic acids is 1. The predicted octanol–water partition coefficient (Wildman–Crippen LogP) is 0.945. The van der Waals surface area contributed by atoms with E-state index in [4.69, 9.17) is 5.11 Å². The molecule has 114 valence electrons. The molecule has 0 saturated heterocycles. The molecule has 1 aromatic carbocycles. The molecule has 1 saturated carbocycles. The normalized spacial score (nSPS) is 16.8. The number of phenolic OH excluding ortho intramolecular Hbond substituents is 2. The van der Waals surface area contributed by atoms with E-state index in [-0.39, 0.29) is 23.5 Å². The van der Waals surface area contributed by atoms with E-state index in [1.54, 1.807) is 0 Å². The maximum atomic E-state index is 11.7. The average molecular weight is 294 g/mol. The van der Waals surface area contributed by atoms with Crippen LogP contribution in [0.4, 0.5) is 4.79 Å². The van der Waals surface area contributed by atoms with Crippen molar-refractivity contribution in [1.82, 2.24) is 10.6 Å². The van der Waals surface area contributed by atoms with Crippen molar-refractivity contribution in [2.24, 2.45) is 0 Å². The van der Waals surface area contributed by atoms with Crippen LogP contribution in [-0.4, -0.2) is 38.9 Å². The molecule has 1 aromatic rings. The zero-order valence-electron chi connectivity index (χ0n) is 11.6. The van der Waals surface area contributed by atoms with Gasteiger partial charge in [-0.1, -0.05) is 6.07 Å². The van der Waals surface area contributed by atoms with E-state index in [2.05, 4.69) is 10.6 Å². The number of rotatable bonds is 5. The first-order valence-corrected chi connectivity index (χ1v) is 6.61. The van der Waals surface area contributed by atoms with Gasteiger partial charge >= 0.3 is 12.0 Å². The Hall–Kier alpha value is -2.44. The first-order valence-electron chi connectivity index (χ1n) is 6.61. The van der Waals surface area contributed by atoms with E-state index in [1.807, 2.05) is 6.92 Å². The topological polar surface area (TPSA) is 119 Å². The molecule has 5 N–H and O–H groups in total. The summed E-state index contributed by atoms with van der Waals surface area (Å²) >= 11 is 0. The van der Waals surface area contributed by atoms with Gasteiger partial charge in [-0.15, -0.1) is 0 Å². The van der Waals surface area contributed by atoms with E-state index in [1.165, 1.54) is 18.2 Å². The Morgan fingerprint density at radius 3 is 2.48 bits per heavy atom. The Labute approximate surface area is 121 Å². The van der Waals surface area contributed by atoms with Gasteiger partial charge in [0.25, 0.3) is 0 Å². The monoisotopic (exact) mass is 294 g/mol. The van der Waals surface area contributed by atoms with Crippen LogP contribution in [0.25, 0.3) is 0 Å². The average Bonchev–Trinajstić information content (AvgIpc) is 3.10. The minimum atomic E-state index is -1.17. The van der Waals surface area contributed by atoms with Gasteiger partial charge in [0.1, 0.15) is 6.04 Å². The number of phenols is 2. The molecule has 1 unspecified atom stereocenters. The SMILES string of the molecule is CC1(NC(=O)NC(Cc2ccc(O)c(O)c2)C(=O)O)CC1. The maximum absolute atomic E-state index is 11.7. The van der Waals surface area contributed by atoms with Crippen molar-refractivity contribution in [3.05, 3.63) is 23.8 Å². The largest absolute Gasteiger partial charge is 0.504 e. The Balaban J connectivity index is 1.99. The van der Waals surface area contributed by atoms with Crippen molar-refractivity contribution < 1.29 is 24.9 Å². The van der Waals surface area contributed by atoms with Crippen LogP contribution >= 0.6 is 0 Å². The van der Waals surface area contributed by atoms with E-state index in [0.717, 1.165) is 12.8 Å². The number of hydrogen-bond donors (Lipinski definition) is 5. The summed E-state index contributed by atoms with van der Waals surface area (Å²) in [5, 5.41) is 32.9. The fourth-order valence-corrected chi connectivity index (χ4v) is 1.91. The highest BCUT2D eigenvalue weighted by Crippen LogP contribution is 2.34. The number of benzene rings is 1. The van der Waals surface area contributed by atoms with E-state index < -0.39 is 18.0 Å². The molecule has 0 aliphatic heterocycles. The third kappa shape index (κ3) is 4.01. The fourth-order valence-electron chi connectivity index (χ4n) is 1.91. The smallest absolute Gasteiger partial charge is 0.326 e. The number of carboxylic acid groups (broad SMARTS) is 1. The van der Waals surface area contributed by atoms with Crippen LogP contribution in [0, 0.1) is 0 Å². The zero-order valence-corrected chi connectivity index (χ0v) is 11.6. The van der Waals surface area contributed by atoms with Gasteiger partial charge in [-0.05, 0) is 37.5 Å². The molecule has 0 aromatic heterocycles. The third-order valence-electron chi connectivity index (χ3n) is 3.50. The molecule has 0 spiro atoms. The highest BCUT2D eigenvalue weighted by molar-refractivity contribution is 5.83. The molecule has 0 bridgehead atoms. The van der Waals surface area contributed by atoms with Gasteiger partial charge in [0.2, 0.25) is 0 Å². The maximum Gasteiger partial charge on any atom is 0.326 e. The van der Waals surface area contributed by atoms with E-state index in [0.29, 0.717) is 5.56 Å². The summed E-state index contributed by atoms with van der Waals surface area (Å²) in [6, 6.07) is 2.40. The molecule has 1 fully saturated rings.